The van der Waals surface area contributed by atoms with Gasteiger partial charge >= 0.3 is 0 Å². The normalized spacial score (nSPS) is 11.7. The minimum Gasteiger partial charge on any atom is -0.322 e. The van der Waals surface area contributed by atoms with Gasteiger partial charge in [0.2, 0.25) is 0 Å². The summed E-state index contributed by atoms with van der Waals surface area (Å²) < 4.78 is 38.5. The molecule has 23 heavy (non-hydrogen) atoms. The standard InChI is InChI=1S/C17H14FNO3S/c1-11-8-13-9-12(6-7-15(13)19-17(11)20)10-23(21,22)16-5-3-2-4-14(16)18/h2-9H,10H2,1H3,(H,19,20). The SMILES string of the molecule is Cc1cc2cc(CS(=O)(=O)c3ccccc3F)ccc2[nH]c1=O. The second kappa shape index (κ2) is 5.62. The fraction of sp³-hybridized carbons (Fsp3) is 0.118. The molecule has 0 saturated carbocycles. The highest BCUT2D eigenvalue weighted by Crippen LogP contribution is 2.21. The van der Waals surface area contributed by atoms with Crippen molar-refractivity contribution in [3.05, 3.63) is 75.8 Å². The van der Waals surface area contributed by atoms with Crippen molar-refractivity contribution in [2.75, 3.05) is 0 Å². The van der Waals surface area contributed by atoms with Crippen LogP contribution in [0, 0.1) is 12.7 Å². The van der Waals surface area contributed by atoms with Crippen LogP contribution in [0.4, 0.5) is 4.39 Å². The summed E-state index contributed by atoms with van der Waals surface area (Å²) in [4.78, 5) is 14.0. The zero-order valence-corrected chi connectivity index (χ0v) is 13.2. The van der Waals surface area contributed by atoms with E-state index >= 15 is 0 Å². The van der Waals surface area contributed by atoms with Crippen LogP contribution in [0.25, 0.3) is 10.9 Å². The topological polar surface area (TPSA) is 67.0 Å². The van der Waals surface area contributed by atoms with Gasteiger partial charge in [0.05, 0.1) is 5.75 Å². The molecular formula is C17H14FNO3S. The van der Waals surface area contributed by atoms with Crippen molar-refractivity contribution in [1.29, 1.82) is 0 Å². The highest BCUT2D eigenvalue weighted by molar-refractivity contribution is 7.90. The maximum atomic E-state index is 13.7. The van der Waals surface area contributed by atoms with Crippen LogP contribution in [0.2, 0.25) is 0 Å². The van der Waals surface area contributed by atoms with Crippen molar-refractivity contribution in [2.45, 2.75) is 17.6 Å². The molecule has 1 heterocycles. The first kappa shape index (κ1) is 15.4. The van der Waals surface area contributed by atoms with Gasteiger partial charge in [-0.25, -0.2) is 12.8 Å². The molecule has 0 spiro atoms. The van der Waals surface area contributed by atoms with Gasteiger partial charge in [-0.3, -0.25) is 4.79 Å². The Balaban J connectivity index is 2.03. The number of aromatic amines is 1. The molecule has 0 aliphatic rings. The van der Waals surface area contributed by atoms with Crippen LogP contribution in [0.1, 0.15) is 11.1 Å². The number of nitrogens with one attached hydrogen (secondary N) is 1. The third kappa shape index (κ3) is 3.03. The van der Waals surface area contributed by atoms with Crippen LogP contribution < -0.4 is 5.56 Å². The predicted molar refractivity (Wildman–Crippen MR) is 86.6 cm³/mol. The third-order valence-electron chi connectivity index (χ3n) is 3.62. The van der Waals surface area contributed by atoms with E-state index in [1.807, 2.05) is 0 Å². The van der Waals surface area contributed by atoms with Crippen LogP contribution >= 0.6 is 0 Å². The largest absolute Gasteiger partial charge is 0.322 e. The molecule has 3 rings (SSSR count). The number of pyridine rings is 1. The van der Waals surface area contributed by atoms with Gasteiger partial charge in [0, 0.05) is 11.1 Å². The highest BCUT2D eigenvalue weighted by Gasteiger charge is 2.19. The molecule has 0 atom stereocenters. The molecule has 0 radical (unpaired) electrons. The molecule has 0 saturated heterocycles. The first-order valence-electron chi connectivity index (χ1n) is 6.97. The quantitative estimate of drug-likeness (QED) is 0.802. The van der Waals surface area contributed by atoms with E-state index in [9.17, 15) is 17.6 Å². The Hall–Kier alpha value is -2.47. The monoisotopic (exact) mass is 331 g/mol. The fourth-order valence-electron chi connectivity index (χ4n) is 2.45. The molecular weight excluding hydrogens is 317 g/mol. The van der Waals surface area contributed by atoms with Gasteiger partial charge in [-0.1, -0.05) is 18.2 Å². The van der Waals surface area contributed by atoms with Gasteiger partial charge in [-0.2, -0.15) is 0 Å². The van der Waals surface area contributed by atoms with Crippen LogP contribution in [0.5, 0.6) is 0 Å². The van der Waals surface area contributed by atoms with Gasteiger partial charge in [0.1, 0.15) is 10.7 Å². The van der Waals surface area contributed by atoms with E-state index in [-0.39, 0.29) is 16.2 Å². The smallest absolute Gasteiger partial charge is 0.251 e. The summed E-state index contributed by atoms with van der Waals surface area (Å²) in [6.45, 7) is 1.68. The highest BCUT2D eigenvalue weighted by atomic mass is 32.2. The number of H-pyrrole nitrogens is 1. The summed E-state index contributed by atoms with van der Waals surface area (Å²) >= 11 is 0. The Morgan fingerprint density at radius 3 is 2.57 bits per heavy atom. The number of rotatable bonds is 3. The summed E-state index contributed by atoms with van der Waals surface area (Å²) in [5.41, 5.74) is 1.54. The number of aryl methyl sites for hydroxylation is 1. The van der Waals surface area contributed by atoms with Gasteiger partial charge in [-0.05, 0) is 48.2 Å². The van der Waals surface area contributed by atoms with Gasteiger partial charge in [0.15, 0.2) is 9.84 Å². The molecule has 0 bridgehead atoms. The summed E-state index contributed by atoms with van der Waals surface area (Å²) in [5, 5.41) is 0.739. The van der Waals surface area contributed by atoms with Gasteiger partial charge in [0.25, 0.3) is 5.56 Å². The summed E-state index contributed by atoms with van der Waals surface area (Å²) in [7, 11) is -3.78. The minimum absolute atomic E-state index is 0.177. The van der Waals surface area contributed by atoms with E-state index in [0.29, 0.717) is 16.6 Å². The van der Waals surface area contributed by atoms with E-state index < -0.39 is 15.7 Å². The average Bonchev–Trinajstić information content (AvgIpc) is 2.48. The molecule has 3 aromatic rings. The van der Waals surface area contributed by atoms with Crippen molar-refractivity contribution >= 4 is 20.7 Å². The van der Waals surface area contributed by atoms with Gasteiger partial charge in [-0.15, -0.1) is 0 Å². The molecule has 1 aromatic heterocycles. The number of hydrogen-bond acceptors (Lipinski definition) is 3. The van der Waals surface area contributed by atoms with Crippen LogP contribution in [0.3, 0.4) is 0 Å². The van der Waals surface area contributed by atoms with Crippen LogP contribution in [-0.2, 0) is 15.6 Å². The lowest BCUT2D eigenvalue weighted by Gasteiger charge is -2.07. The zero-order valence-electron chi connectivity index (χ0n) is 12.3. The maximum Gasteiger partial charge on any atom is 0.251 e. The maximum absolute atomic E-state index is 13.7. The molecule has 0 fully saturated rings. The lowest BCUT2D eigenvalue weighted by Crippen LogP contribution is -2.09. The molecule has 0 aliphatic heterocycles. The lowest BCUT2D eigenvalue weighted by molar-refractivity contribution is 0.566. The van der Waals surface area contributed by atoms with Crippen molar-refractivity contribution in [3.8, 4) is 0 Å². The van der Waals surface area contributed by atoms with E-state index in [0.717, 1.165) is 11.5 Å². The number of sulfone groups is 1. The van der Waals surface area contributed by atoms with Crippen molar-refractivity contribution in [1.82, 2.24) is 4.98 Å². The number of benzene rings is 2. The second-order valence-corrected chi connectivity index (χ2v) is 7.35. The molecule has 118 valence electrons. The Bertz CT molecular complexity index is 1050. The second-order valence-electron chi connectivity index (χ2n) is 5.39. The molecule has 2 aromatic carbocycles. The molecule has 0 unspecified atom stereocenters. The van der Waals surface area contributed by atoms with E-state index in [1.54, 1.807) is 31.2 Å². The van der Waals surface area contributed by atoms with E-state index in [4.69, 9.17) is 0 Å². The zero-order chi connectivity index (χ0) is 16.6. The summed E-state index contributed by atoms with van der Waals surface area (Å²) in [6, 6.07) is 12.0. The van der Waals surface area contributed by atoms with Crippen LogP contribution in [0.15, 0.2) is 58.2 Å². The van der Waals surface area contributed by atoms with Crippen LogP contribution in [-0.4, -0.2) is 13.4 Å². The van der Waals surface area contributed by atoms with Gasteiger partial charge < -0.3 is 4.98 Å². The number of aromatic nitrogens is 1. The molecule has 1 N–H and O–H groups in total. The Kier molecular flexibility index (Phi) is 3.77. The van der Waals surface area contributed by atoms with Crippen molar-refractivity contribution < 1.29 is 12.8 Å². The predicted octanol–water partition coefficient (Wildman–Crippen LogP) is 2.95. The first-order chi connectivity index (χ1) is 10.9. The van der Waals surface area contributed by atoms with E-state index in [2.05, 4.69) is 4.98 Å². The lowest BCUT2D eigenvalue weighted by atomic mass is 10.1. The Morgan fingerprint density at radius 1 is 1.09 bits per heavy atom. The third-order valence-corrected chi connectivity index (χ3v) is 5.34. The number of hydrogen-bond donors (Lipinski definition) is 1. The summed E-state index contributed by atoms with van der Waals surface area (Å²) in [6.07, 6.45) is 0. The molecule has 0 amide bonds. The minimum atomic E-state index is -3.78. The number of halogens is 1. The Labute approximate surface area is 132 Å². The fourth-order valence-corrected chi connectivity index (χ4v) is 3.87. The molecule has 4 nitrogen and oxygen atoms in total. The molecule has 6 heteroatoms. The van der Waals surface area contributed by atoms with Crippen molar-refractivity contribution in [3.63, 3.8) is 0 Å². The first-order valence-corrected chi connectivity index (χ1v) is 8.62. The number of fused-ring (bicyclic) bond motifs is 1. The van der Waals surface area contributed by atoms with Crippen molar-refractivity contribution in [2.24, 2.45) is 0 Å². The van der Waals surface area contributed by atoms with E-state index in [1.165, 1.54) is 18.2 Å². The Morgan fingerprint density at radius 2 is 1.83 bits per heavy atom. The average molecular weight is 331 g/mol. The summed E-state index contributed by atoms with van der Waals surface area (Å²) in [5.74, 6) is -1.06. The molecule has 0 aliphatic carbocycles.